The van der Waals surface area contributed by atoms with Crippen molar-refractivity contribution in [3.63, 3.8) is 0 Å². The molecule has 0 aliphatic carbocycles. The van der Waals surface area contributed by atoms with E-state index in [1.54, 1.807) is 6.08 Å². The van der Waals surface area contributed by atoms with Gasteiger partial charge in [0.05, 0.1) is 6.61 Å². The molecule has 74 valence electrons. The van der Waals surface area contributed by atoms with E-state index in [1.165, 1.54) is 0 Å². The van der Waals surface area contributed by atoms with Gasteiger partial charge in [-0.15, -0.1) is 6.58 Å². The lowest BCUT2D eigenvalue weighted by Gasteiger charge is -2.10. The molecule has 0 aromatic carbocycles. The molecule has 0 aromatic heterocycles. The van der Waals surface area contributed by atoms with Gasteiger partial charge in [0, 0.05) is 13.0 Å². The zero-order valence-electron chi connectivity index (χ0n) is 7.28. The van der Waals surface area contributed by atoms with Gasteiger partial charge in [-0.05, 0) is 0 Å². The average molecular weight is 187 g/mol. The van der Waals surface area contributed by atoms with Gasteiger partial charge < -0.3 is 19.9 Å². The SMILES string of the molecule is C=CCO[C@@]1(CCNC(=O)O)CO1. The quantitative estimate of drug-likeness (QED) is 0.471. The minimum Gasteiger partial charge on any atom is -0.465 e. The highest BCUT2D eigenvalue weighted by molar-refractivity contribution is 5.64. The molecule has 1 saturated heterocycles. The minimum atomic E-state index is -1.03. The summed E-state index contributed by atoms with van der Waals surface area (Å²) in [5.74, 6) is -0.559. The Kier molecular flexibility index (Phi) is 3.27. The lowest BCUT2D eigenvalue weighted by molar-refractivity contribution is -0.0342. The van der Waals surface area contributed by atoms with E-state index in [2.05, 4.69) is 11.9 Å². The van der Waals surface area contributed by atoms with E-state index in [0.717, 1.165) is 0 Å². The first-order valence-corrected chi connectivity index (χ1v) is 4.04. The summed E-state index contributed by atoms with van der Waals surface area (Å²) in [6.45, 7) is 4.80. The van der Waals surface area contributed by atoms with Crippen LogP contribution in [0, 0.1) is 0 Å². The minimum absolute atomic E-state index is 0.340. The molecule has 1 aliphatic heterocycles. The number of nitrogens with one attached hydrogen (secondary N) is 1. The molecule has 1 heterocycles. The van der Waals surface area contributed by atoms with Gasteiger partial charge in [-0.2, -0.15) is 0 Å². The largest absolute Gasteiger partial charge is 0.465 e. The molecule has 0 saturated carbocycles. The summed E-state index contributed by atoms with van der Waals surface area (Å²) in [5.41, 5.74) is 0. The van der Waals surface area contributed by atoms with E-state index in [1.807, 2.05) is 0 Å². The number of carboxylic acid groups (broad SMARTS) is 1. The summed E-state index contributed by atoms with van der Waals surface area (Å²) in [4.78, 5) is 10.1. The Morgan fingerprint density at radius 1 is 1.85 bits per heavy atom. The van der Waals surface area contributed by atoms with Crippen LogP contribution in [0.25, 0.3) is 0 Å². The van der Waals surface area contributed by atoms with Gasteiger partial charge in [0.1, 0.15) is 6.61 Å². The highest BCUT2D eigenvalue weighted by Gasteiger charge is 2.45. The predicted octanol–water partition coefficient (Wildman–Crippen LogP) is 0.573. The maximum Gasteiger partial charge on any atom is 0.404 e. The van der Waals surface area contributed by atoms with Crippen molar-refractivity contribution >= 4 is 6.09 Å². The van der Waals surface area contributed by atoms with Crippen molar-refractivity contribution in [1.82, 2.24) is 5.32 Å². The Hall–Kier alpha value is -1.07. The zero-order valence-corrected chi connectivity index (χ0v) is 7.28. The molecule has 0 spiro atoms. The number of rotatable bonds is 6. The molecular weight excluding hydrogens is 174 g/mol. The van der Waals surface area contributed by atoms with Crippen LogP contribution in [0.2, 0.25) is 0 Å². The highest BCUT2D eigenvalue weighted by Crippen LogP contribution is 2.31. The second kappa shape index (κ2) is 4.25. The third-order valence-corrected chi connectivity index (χ3v) is 1.71. The first kappa shape index (κ1) is 10.0. The summed E-state index contributed by atoms with van der Waals surface area (Å²) in [7, 11) is 0. The van der Waals surface area contributed by atoms with Gasteiger partial charge in [-0.25, -0.2) is 4.79 Å². The smallest absolute Gasteiger partial charge is 0.404 e. The molecule has 1 atom stereocenters. The Bertz CT molecular complexity index is 200. The maximum atomic E-state index is 10.1. The fourth-order valence-corrected chi connectivity index (χ4v) is 0.951. The zero-order chi connectivity index (χ0) is 9.73. The standard InChI is InChI=1S/C8H13NO4/c1-2-5-12-8(6-13-8)3-4-9-7(10)11/h2,9H,1,3-6H2,(H,10,11)/t8-/m1/s1. The van der Waals surface area contributed by atoms with Crippen LogP contribution in [0.5, 0.6) is 0 Å². The molecule has 1 fully saturated rings. The lowest BCUT2D eigenvalue weighted by atomic mass is 10.3. The van der Waals surface area contributed by atoms with E-state index in [-0.39, 0.29) is 0 Å². The lowest BCUT2D eigenvalue weighted by Crippen LogP contribution is -2.28. The van der Waals surface area contributed by atoms with E-state index in [0.29, 0.717) is 26.2 Å². The van der Waals surface area contributed by atoms with Crippen molar-refractivity contribution in [3.05, 3.63) is 12.7 Å². The number of hydrogen-bond acceptors (Lipinski definition) is 3. The van der Waals surface area contributed by atoms with Gasteiger partial charge in [0.25, 0.3) is 0 Å². The van der Waals surface area contributed by atoms with Crippen LogP contribution in [0.1, 0.15) is 6.42 Å². The van der Waals surface area contributed by atoms with Crippen molar-refractivity contribution in [2.24, 2.45) is 0 Å². The number of carbonyl (C=O) groups is 1. The Morgan fingerprint density at radius 2 is 2.54 bits per heavy atom. The van der Waals surface area contributed by atoms with Crippen molar-refractivity contribution < 1.29 is 19.4 Å². The predicted molar refractivity (Wildman–Crippen MR) is 45.5 cm³/mol. The van der Waals surface area contributed by atoms with Crippen molar-refractivity contribution in [3.8, 4) is 0 Å². The summed E-state index contributed by atoms with van der Waals surface area (Å²) in [6, 6.07) is 0. The summed E-state index contributed by atoms with van der Waals surface area (Å²) in [6.07, 6.45) is 1.14. The van der Waals surface area contributed by atoms with Gasteiger partial charge in [0.15, 0.2) is 5.79 Å². The van der Waals surface area contributed by atoms with E-state index >= 15 is 0 Å². The fraction of sp³-hybridized carbons (Fsp3) is 0.625. The van der Waals surface area contributed by atoms with Gasteiger partial charge in [-0.1, -0.05) is 6.08 Å². The Morgan fingerprint density at radius 3 is 3.00 bits per heavy atom. The van der Waals surface area contributed by atoms with Crippen LogP contribution < -0.4 is 5.32 Å². The summed E-state index contributed by atoms with van der Waals surface area (Å²) < 4.78 is 10.4. The number of ether oxygens (including phenoxy) is 2. The maximum absolute atomic E-state index is 10.1. The molecule has 1 amide bonds. The van der Waals surface area contributed by atoms with Gasteiger partial charge >= 0.3 is 6.09 Å². The molecule has 5 nitrogen and oxygen atoms in total. The molecule has 2 N–H and O–H groups in total. The molecule has 5 heteroatoms. The van der Waals surface area contributed by atoms with Gasteiger partial charge in [0.2, 0.25) is 0 Å². The molecular formula is C8H13NO4. The molecule has 0 bridgehead atoms. The van der Waals surface area contributed by atoms with E-state index in [9.17, 15) is 4.79 Å². The third-order valence-electron chi connectivity index (χ3n) is 1.71. The molecule has 1 aliphatic rings. The third kappa shape index (κ3) is 3.43. The number of epoxide rings is 1. The number of hydrogen-bond donors (Lipinski definition) is 2. The molecule has 1 rings (SSSR count). The highest BCUT2D eigenvalue weighted by atomic mass is 16.8. The van der Waals surface area contributed by atoms with Crippen LogP contribution >= 0.6 is 0 Å². The van der Waals surface area contributed by atoms with E-state index in [4.69, 9.17) is 14.6 Å². The fourth-order valence-electron chi connectivity index (χ4n) is 0.951. The van der Waals surface area contributed by atoms with Crippen LogP contribution in [-0.4, -0.2) is 36.7 Å². The monoisotopic (exact) mass is 187 g/mol. The van der Waals surface area contributed by atoms with Crippen LogP contribution in [0.15, 0.2) is 12.7 Å². The Balaban J connectivity index is 2.12. The van der Waals surface area contributed by atoms with Crippen LogP contribution in [0.4, 0.5) is 4.79 Å². The normalized spacial score (nSPS) is 25.2. The number of amides is 1. The summed E-state index contributed by atoms with van der Waals surface area (Å²) in [5, 5.41) is 10.5. The molecule has 13 heavy (non-hydrogen) atoms. The topological polar surface area (TPSA) is 71.1 Å². The summed E-state index contributed by atoms with van der Waals surface area (Å²) >= 11 is 0. The second-order valence-electron chi connectivity index (χ2n) is 2.78. The second-order valence-corrected chi connectivity index (χ2v) is 2.78. The van der Waals surface area contributed by atoms with Crippen molar-refractivity contribution in [2.45, 2.75) is 12.2 Å². The first-order valence-electron chi connectivity index (χ1n) is 4.04. The van der Waals surface area contributed by atoms with Crippen molar-refractivity contribution in [2.75, 3.05) is 19.8 Å². The van der Waals surface area contributed by atoms with E-state index < -0.39 is 11.9 Å². The first-order chi connectivity index (χ1) is 6.18. The molecule has 0 aromatic rings. The molecule has 0 radical (unpaired) electrons. The molecule has 0 unspecified atom stereocenters. The average Bonchev–Trinajstić information content (AvgIpc) is 2.82. The van der Waals surface area contributed by atoms with Crippen LogP contribution in [-0.2, 0) is 9.47 Å². The van der Waals surface area contributed by atoms with Crippen molar-refractivity contribution in [1.29, 1.82) is 0 Å². The Labute approximate surface area is 76.3 Å². The van der Waals surface area contributed by atoms with Gasteiger partial charge in [-0.3, -0.25) is 0 Å². The van der Waals surface area contributed by atoms with Crippen LogP contribution in [0.3, 0.4) is 0 Å².